The molecule has 0 radical (unpaired) electrons. The van der Waals surface area contributed by atoms with Crippen molar-refractivity contribution in [1.29, 1.82) is 0 Å². The molecule has 0 unspecified atom stereocenters. The van der Waals surface area contributed by atoms with Crippen LogP contribution in [0.3, 0.4) is 0 Å². The first-order valence-electron chi connectivity index (χ1n) is 9.40. The van der Waals surface area contributed by atoms with Crippen molar-refractivity contribution in [1.82, 2.24) is 10.3 Å². The van der Waals surface area contributed by atoms with Gasteiger partial charge in [0.15, 0.2) is 5.13 Å². The van der Waals surface area contributed by atoms with Crippen molar-refractivity contribution >= 4 is 28.3 Å². The summed E-state index contributed by atoms with van der Waals surface area (Å²) in [5.74, 6) is 0.508. The van der Waals surface area contributed by atoms with E-state index in [0.717, 1.165) is 25.7 Å². The molecule has 3 rings (SSSR count). The Bertz CT molecular complexity index is 806. The van der Waals surface area contributed by atoms with Gasteiger partial charge in [0.05, 0.1) is 14.2 Å². The van der Waals surface area contributed by atoms with Crippen molar-refractivity contribution in [3.63, 3.8) is 0 Å². The lowest BCUT2D eigenvalue weighted by atomic mass is 10.1. The molecule has 28 heavy (non-hydrogen) atoms. The molecule has 2 N–H and O–H groups in total. The second-order valence-corrected chi connectivity index (χ2v) is 7.61. The summed E-state index contributed by atoms with van der Waals surface area (Å²) >= 11 is 1.22. The highest BCUT2D eigenvalue weighted by atomic mass is 32.1. The number of hydrogen-bond acceptors (Lipinski definition) is 6. The summed E-state index contributed by atoms with van der Waals surface area (Å²) in [5, 5.41) is 7.82. The first-order valence-corrected chi connectivity index (χ1v) is 10.3. The molecule has 1 aliphatic rings. The Kier molecular flexibility index (Phi) is 6.86. The van der Waals surface area contributed by atoms with E-state index in [4.69, 9.17) is 9.47 Å². The number of rotatable bonds is 6. The fourth-order valence-corrected chi connectivity index (χ4v) is 3.91. The van der Waals surface area contributed by atoms with Crippen LogP contribution in [0.1, 0.15) is 59.4 Å². The maximum Gasteiger partial charge on any atom is 0.271 e. The normalized spacial score (nSPS) is 14.8. The number of hydrogen-bond donors (Lipinski definition) is 2. The Morgan fingerprint density at radius 3 is 2.25 bits per heavy atom. The number of nitrogens with one attached hydrogen (secondary N) is 2. The minimum Gasteiger partial charge on any atom is -0.497 e. The molecule has 2 amide bonds. The topological polar surface area (TPSA) is 89.6 Å². The average Bonchev–Trinajstić information content (AvgIpc) is 3.03. The number of nitrogens with zero attached hydrogens (tertiary/aromatic N) is 1. The van der Waals surface area contributed by atoms with E-state index in [0.29, 0.717) is 27.9 Å². The van der Waals surface area contributed by atoms with Crippen LogP contribution >= 0.6 is 11.3 Å². The number of benzene rings is 1. The van der Waals surface area contributed by atoms with Gasteiger partial charge in [0, 0.05) is 23.1 Å². The van der Waals surface area contributed by atoms with Gasteiger partial charge in [-0.15, -0.1) is 11.3 Å². The Hall–Kier alpha value is -2.61. The van der Waals surface area contributed by atoms with Gasteiger partial charge in [-0.1, -0.05) is 25.7 Å². The van der Waals surface area contributed by atoms with E-state index >= 15 is 0 Å². The lowest BCUT2D eigenvalue weighted by Gasteiger charge is -2.15. The Morgan fingerprint density at radius 2 is 1.64 bits per heavy atom. The Balaban J connectivity index is 1.63. The van der Waals surface area contributed by atoms with E-state index in [1.807, 2.05) is 0 Å². The standard InChI is InChI=1S/C20H25N3O4S/c1-26-15-9-13(10-16(11-15)27-2)18(24)23-20-22-17(12-28-20)19(25)21-14-7-5-3-4-6-8-14/h9-12,14H,3-8H2,1-2H3,(H,21,25)(H,22,23,24). The Labute approximate surface area is 168 Å². The number of ether oxygens (including phenoxy) is 2. The van der Waals surface area contributed by atoms with Crippen LogP contribution in [0.5, 0.6) is 11.5 Å². The van der Waals surface area contributed by atoms with Gasteiger partial charge in [-0.3, -0.25) is 14.9 Å². The van der Waals surface area contributed by atoms with E-state index in [1.54, 1.807) is 23.6 Å². The zero-order valence-corrected chi connectivity index (χ0v) is 16.9. The first kappa shape index (κ1) is 20.1. The van der Waals surface area contributed by atoms with Crippen LogP contribution in [0.25, 0.3) is 0 Å². The van der Waals surface area contributed by atoms with Gasteiger partial charge >= 0.3 is 0 Å². The van der Waals surface area contributed by atoms with Crippen LogP contribution in [0.4, 0.5) is 5.13 Å². The predicted molar refractivity (Wildman–Crippen MR) is 109 cm³/mol. The predicted octanol–water partition coefficient (Wildman–Crippen LogP) is 3.87. The van der Waals surface area contributed by atoms with E-state index in [1.165, 1.54) is 38.4 Å². The zero-order chi connectivity index (χ0) is 19.9. The van der Waals surface area contributed by atoms with Crippen LogP contribution < -0.4 is 20.1 Å². The molecule has 150 valence electrons. The number of carbonyl (C=O) groups excluding carboxylic acids is 2. The van der Waals surface area contributed by atoms with Gasteiger partial charge in [0.2, 0.25) is 0 Å². The highest BCUT2D eigenvalue weighted by molar-refractivity contribution is 7.14. The van der Waals surface area contributed by atoms with Crippen molar-refractivity contribution in [2.24, 2.45) is 0 Å². The van der Waals surface area contributed by atoms with E-state index in [2.05, 4.69) is 15.6 Å². The summed E-state index contributed by atoms with van der Waals surface area (Å²) in [7, 11) is 3.05. The highest BCUT2D eigenvalue weighted by Gasteiger charge is 2.19. The smallest absolute Gasteiger partial charge is 0.271 e. The van der Waals surface area contributed by atoms with Crippen molar-refractivity contribution in [2.45, 2.75) is 44.6 Å². The molecule has 1 aromatic carbocycles. The maximum atomic E-state index is 12.5. The van der Waals surface area contributed by atoms with Gasteiger partial charge < -0.3 is 14.8 Å². The lowest BCUT2D eigenvalue weighted by Crippen LogP contribution is -2.34. The number of anilines is 1. The maximum absolute atomic E-state index is 12.5. The van der Waals surface area contributed by atoms with Crippen LogP contribution in [0.2, 0.25) is 0 Å². The van der Waals surface area contributed by atoms with E-state index in [9.17, 15) is 9.59 Å². The fourth-order valence-electron chi connectivity index (χ4n) is 3.23. The quantitative estimate of drug-likeness (QED) is 0.715. The number of aromatic nitrogens is 1. The van der Waals surface area contributed by atoms with Crippen LogP contribution in [-0.4, -0.2) is 37.1 Å². The van der Waals surface area contributed by atoms with Gasteiger partial charge in [-0.05, 0) is 25.0 Å². The second kappa shape index (κ2) is 9.54. The molecule has 0 atom stereocenters. The summed E-state index contributed by atoms with van der Waals surface area (Å²) in [4.78, 5) is 29.2. The summed E-state index contributed by atoms with van der Waals surface area (Å²) in [6, 6.07) is 5.13. The van der Waals surface area contributed by atoms with Crippen molar-refractivity contribution in [3.8, 4) is 11.5 Å². The molecule has 8 heteroatoms. The zero-order valence-electron chi connectivity index (χ0n) is 16.1. The molecule has 0 saturated heterocycles. The van der Waals surface area contributed by atoms with Gasteiger partial charge in [0.25, 0.3) is 11.8 Å². The fraction of sp³-hybridized carbons (Fsp3) is 0.450. The molecule has 2 aromatic rings. The number of amides is 2. The second-order valence-electron chi connectivity index (χ2n) is 6.76. The van der Waals surface area contributed by atoms with Crippen LogP contribution in [0, 0.1) is 0 Å². The monoisotopic (exact) mass is 403 g/mol. The molecular weight excluding hydrogens is 378 g/mol. The molecule has 1 fully saturated rings. The molecule has 1 saturated carbocycles. The van der Waals surface area contributed by atoms with Crippen molar-refractivity contribution in [2.75, 3.05) is 19.5 Å². The molecule has 1 aromatic heterocycles. The van der Waals surface area contributed by atoms with Gasteiger partial charge in [-0.25, -0.2) is 4.98 Å². The molecule has 0 bridgehead atoms. The lowest BCUT2D eigenvalue weighted by molar-refractivity contribution is 0.0927. The molecular formula is C20H25N3O4S. The third-order valence-corrected chi connectivity index (χ3v) is 5.52. The average molecular weight is 404 g/mol. The van der Waals surface area contributed by atoms with Crippen LogP contribution in [-0.2, 0) is 0 Å². The first-order chi connectivity index (χ1) is 13.6. The summed E-state index contributed by atoms with van der Waals surface area (Å²) < 4.78 is 10.4. The minimum absolute atomic E-state index is 0.188. The highest BCUT2D eigenvalue weighted by Crippen LogP contribution is 2.24. The SMILES string of the molecule is COc1cc(OC)cc(C(=O)Nc2nc(C(=O)NC3CCCCCC3)cs2)c1. The molecule has 1 aliphatic carbocycles. The molecule has 0 spiro atoms. The summed E-state index contributed by atoms with van der Waals surface area (Å²) in [6.45, 7) is 0. The van der Waals surface area contributed by atoms with Crippen molar-refractivity contribution < 1.29 is 19.1 Å². The molecule has 1 heterocycles. The van der Waals surface area contributed by atoms with E-state index in [-0.39, 0.29) is 17.9 Å². The third kappa shape index (κ3) is 5.22. The molecule has 0 aliphatic heterocycles. The number of thiazole rings is 1. The Morgan fingerprint density at radius 1 is 1.00 bits per heavy atom. The van der Waals surface area contributed by atoms with Crippen LogP contribution in [0.15, 0.2) is 23.6 Å². The van der Waals surface area contributed by atoms with E-state index < -0.39 is 0 Å². The van der Waals surface area contributed by atoms with Gasteiger partial charge in [0.1, 0.15) is 17.2 Å². The van der Waals surface area contributed by atoms with Crippen molar-refractivity contribution in [3.05, 3.63) is 34.8 Å². The van der Waals surface area contributed by atoms with Gasteiger partial charge in [-0.2, -0.15) is 0 Å². The number of methoxy groups -OCH3 is 2. The third-order valence-electron chi connectivity index (χ3n) is 4.76. The number of carbonyl (C=O) groups is 2. The molecule has 7 nitrogen and oxygen atoms in total. The summed E-state index contributed by atoms with van der Waals surface area (Å²) in [6.07, 6.45) is 6.78. The minimum atomic E-state index is -0.345. The largest absolute Gasteiger partial charge is 0.497 e. The summed E-state index contributed by atoms with van der Waals surface area (Å²) in [5.41, 5.74) is 0.712.